The highest BCUT2D eigenvalue weighted by Gasteiger charge is 2.36. The van der Waals surface area contributed by atoms with Crippen LogP contribution in [-0.2, 0) is 14.3 Å². The van der Waals surface area contributed by atoms with E-state index in [1.54, 1.807) is 36.7 Å². The molecule has 30 heavy (non-hydrogen) atoms. The van der Waals surface area contributed by atoms with Gasteiger partial charge in [-0.3, -0.25) is 4.79 Å². The standard InChI is InChI=1S/C21H17N3O6/c1-28-14-6-5-12(9-15(14)29-2)24-20-17(21(26)27)18(25)16(30-20)8-11-10-23-19-13(11)4-3-7-22-19/h3-10,24H,1-2H3,(H,22,23)(H,26,27). The molecule has 3 N–H and O–H groups in total. The summed E-state index contributed by atoms with van der Waals surface area (Å²) in [7, 11) is 2.99. The van der Waals surface area contributed by atoms with Gasteiger partial charge in [0.25, 0.3) is 0 Å². The molecular weight excluding hydrogens is 390 g/mol. The minimum Gasteiger partial charge on any atom is -0.493 e. The fourth-order valence-electron chi connectivity index (χ4n) is 3.09. The summed E-state index contributed by atoms with van der Waals surface area (Å²) in [5, 5.41) is 13.2. The molecule has 0 amide bonds. The zero-order valence-electron chi connectivity index (χ0n) is 16.1. The molecule has 0 saturated carbocycles. The van der Waals surface area contributed by atoms with E-state index in [-0.39, 0.29) is 11.6 Å². The number of anilines is 1. The first-order valence-electron chi connectivity index (χ1n) is 8.84. The van der Waals surface area contributed by atoms with Crippen molar-refractivity contribution < 1.29 is 28.9 Å². The van der Waals surface area contributed by atoms with Crippen LogP contribution >= 0.6 is 0 Å². The number of fused-ring (bicyclic) bond motifs is 1. The predicted octanol–water partition coefficient (Wildman–Crippen LogP) is 2.93. The lowest BCUT2D eigenvalue weighted by molar-refractivity contribution is -0.134. The number of carboxylic acids is 1. The maximum Gasteiger partial charge on any atom is 0.345 e. The zero-order chi connectivity index (χ0) is 21.3. The van der Waals surface area contributed by atoms with Gasteiger partial charge in [-0.25, -0.2) is 9.78 Å². The number of carbonyl (C=O) groups excluding carboxylic acids is 1. The molecule has 0 spiro atoms. The number of aromatic nitrogens is 2. The van der Waals surface area contributed by atoms with Crippen molar-refractivity contribution in [1.29, 1.82) is 0 Å². The minimum atomic E-state index is -1.40. The number of rotatable bonds is 6. The third-order valence-corrected chi connectivity index (χ3v) is 4.51. The Hall–Kier alpha value is -4.27. The maximum atomic E-state index is 12.7. The highest BCUT2D eigenvalue weighted by atomic mass is 16.5. The molecule has 152 valence electrons. The van der Waals surface area contributed by atoms with Gasteiger partial charge in [0, 0.05) is 35.1 Å². The van der Waals surface area contributed by atoms with Crippen molar-refractivity contribution in [2.45, 2.75) is 0 Å². The molecule has 2 aromatic heterocycles. The Bertz CT molecular complexity index is 1220. The Kier molecular flexibility index (Phi) is 4.85. The van der Waals surface area contributed by atoms with Gasteiger partial charge in [-0.05, 0) is 30.3 Å². The van der Waals surface area contributed by atoms with Crippen molar-refractivity contribution in [2.24, 2.45) is 0 Å². The van der Waals surface area contributed by atoms with Crippen LogP contribution in [-0.4, -0.2) is 41.0 Å². The molecule has 1 aliphatic heterocycles. The Morgan fingerprint density at radius 1 is 1.23 bits per heavy atom. The van der Waals surface area contributed by atoms with Crippen LogP contribution in [0.15, 0.2) is 59.9 Å². The molecule has 0 atom stereocenters. The third kappa shape index (κ3) is 3.32. The Morgan fingerprint density at radius 2 is 2.03 bits per heavy atom. The number of hydrogen-bond donors (Lipinski definition) is 3. The summed E-state index contributed by atoms with van der Waals surface area (Å²) in [6.07, 6.45) is 4.79. The second-order valence-electron chi connectivity index (χ2n) is 6.29. The van der Waals surface area contributed by atoms with Crippen molar-refractivity contribution in [1.82, 2.24) is 9.97 Å². The number of carbonyl (C=O) groups is 2. The van der Waals surface area contributed by atoms with Crippen LogP contribution in [0.3, 0.4) is 0 Å². The zero-order valence-corrected chi connectivity index (χ0v) is 16.1. The molecule has 1 aliphatic rings. The molecule has 3 aromatic rings. The summed E-state index contributed by atoms with van der Waals surface area (Å²) in [4.78, 5) is 31.6. The molecular formula is C21H17N3O6. The lowest BCUT2D eigenvalue weighted by Gasteiger charge is -2.12. The van der Waals surface area contributed by atoms with Crippen molar-refractivity contribution in [3.05, 3.63) is 65.5 Å². The van der Waals surface area contributed by atoms with Gasteiger partial charge in [-0.2, -0.15) is 0 Å². The average molecular weight is 407 g/mol. The molecule has 0 fully saturated rings. The van der Waals surface area contributed by atoms with Gasteiger partial charge >= 0.3 is 5.97 Å². The number of Topliss-reactive ketones (excluding diaryl/α,β-unsaturated/α-hetero) is 1. The number of ether oxygens (including phenoxy) is 3. The first kappa shape index (κ1) is 19.1. The van der Waals surface area contributed by atoms with E-state index in [0.717, 1.165) is 5.39 Å². The predicted molar refractivity (Wildman–Crippen MR) is 108 cm³/mol. The molecule has 3 heterocycles. The van der Waals surface area contributed by atoms with Crippen LogP contribution in [0.2, 0.25) is 0 Å². The van der Waals surface area contributed by atoms with Crippen molar-refractivity contribution >= 4 is 34.5 Å². The molecule has 4 rings (SSSR count). The highest BCUT2D eigenvalue weighted by molar-refractivity contribution is 6.26. The number of nitrogens with zero attached hydrogens (tertiary/aromatic N) is 1. The fraction of sp³-hybridized carbons (Fsp3) is 0.0952. The topological polar surface area (TPSA) is 123 Å². The van der Waals surface area contributed by atoms with E-state index >= 15 is 0 Å². The van der Waals surface area contributed by atoms with Crippen LogP contribution in [0.5, 0.6) is 11.5 Å². The summed E-state index contributed by atoms with van der Waals surface area (Å²) in [5.74, 6) is -1.47. The lowest BCUT2D eigenvalue weighted by atomic mass is 10.1. The monoisotopic (exact) mass is 407 g/mol. The van der Waals surface area contributed by atoms with Crippen LogP contribution in [0.4, 0.5) is 5.69 Å². The molecule has 0 radical (unpaired) electrons. The molecule has 0 aliphatic carbocycles. The van der Waals surface area contributed by atoms with E-state index in [0.29, 0.717) is 28.4 Å². The Balaban J connectivity index is 1.67. The van der Waals surface area contributed by atoms with Crippen LogP contribution in [0, 0.1) is 0 Å². The summed E-state index contributed by atoms with van der Waals surface area (Å²) in [6, 6.07) is 8.50. The van der Waals surface area contributed by atoms with E-state index in [1.165, 1.54) is 20.3 Å². The number of H-pyrrole nitrogens is 1. The molecule has 0 unspecified atom stereocenters. The number of aromatic amines is 1. The normalized spacial score (nSPS) is 14.9. The van der Waals surface area contributed by atoms with Gasteiger partial charge in [0.1, 0.15) is 5.65 Å². The van der Waals surface area contributed by atoms with Gasteiger partial charge in [0.05, 0.1) is 14.2 Å². The fourth-order valence-corrected chi connectivity index (χ4v) is 3.09. The summed E-state index contributed by atoms with van der Waals surface area (Å²) in [5.41, 5.74) is 1.27. The number of carboxylic acid groups (broad SMARTS) is 1. The number of hydrogen-bond acceptors (Lipinski definition) is 7. The quantitative estimate of drug-likeness (QED) is 0.421. The summed E-state index contributed by atoms with van der Waals surface area (Å²) < 4.78 is 16.0. The second kappa shape index (κ2) is 7.63. The van der Waals surface area contributed by atoms with E-state index < -0.39 is 17.3 Å². The Morgan fingerprint density at radius 3 is 2.77 bits per heavy atom. The van der Waals surface area contributed by atoms with E-state index in [1.807, 2.05) is 6.07 Å². The summed E-state index contributed by atoms with van der Waals surface area (Å²) in [6.45, 7) is 0. The number of nitrogens with one attached hydrogen (secondary N) is 2. The molecule has 0 saturated heterocycles. The summed E-state index contributed by atoms with van der Waals surface area (Å²) >= 11 is 0. The number of aliphatic carboxylic acids is 1. The van der Waals surface area contributed by atoms with Crippen LogP contribution in [0.1, 0.15) is 5.56 Å². The van der Waals surface area contributed by atoms with Crippen LogP contribution in [0.25, 0.3) is 17.1 Å². The second-order valence-corrected chi connectivity index (χ2v) is 6.29. The number of ketones is 1. The largest absolute Gasteiger partial charge is 0.493 e. The third-order valence-electron chi connectivity index (χ3n) is 4.51. The highest BCUT2D eigenvalue weighted by Crippen LogP contribution is 2.33. The molecule has 9 heteroatoms. The molecule has 0 bridgehead atoms. The van der Waals surface area contributed by atoms with Crippen molar-refractivity contribution in [3.63, 3.8) is 0 Å². The molecule has 1 aromatic carbocycles. The SMILES string of the molecule is COc1ccc(NC2=C(C(=O)O)C(=O)C(=Cc3c[nH]c4ncccc34)O2)cc1OC. The first-order chi connectivity index (χ1) is 14.5. The maximum absolute atomic E-state index is 12.7. The smallest absolute Gasteiger partial charge is 0.345 e. The van der Waals surface area contributed by atoms with Crippen molar-refractivity contribution in [2.75, 3.05) is 19.5 Å². The number of benzene rings is 1. The van der Waals surface area contributed by atoms with Gasteiger partial charge < -0.3 is 29.6 Å². The number of methoxy groups -OCH3 is 2. The number of pyridine rings is 1. The van der Waals surface area contributed by atoms with Gasteiger partial charge in [0.2, 0.25) is 11.7 Å². The van der Waals surface area contributed by atoms with E-state index in [2.05, 4.69) is 15.3 Å². The van der Waals surface area contributed by atoms with Crippen LogP contribution < -0.4 is 14.8 Å². The minimum absolute atomic E-state index is 0.111. The van der Waals surface area contributed by atoms with Gasteiger partial charge in [-0.1, -0.05) is 0 Å². The van der Waals surface area contributed by atoms with Crippen molar-refractivity contribution in [3.8, 4) is 11.5 Å². The van der Waals surface area contributed by atoms with Gasteiger partial charge in [-0.15, -0.1) is 0 Å². The van der Waals surface area contributed by atoms with E-state index in [9.17, 15) is 14.7 Å². The molecule has 9 nitrogen and oxygen atoms in total. The average Bonchev–Trinajstić information content (AvgIpc) is 3.29. The number of allylic oxidation sites excluding steroid dienone is 1. The first-order valence-corrected chi connectivity index (χ1v) is 8.84. The Labute approximate surface area is 170 Å². The lowest BCUT2D eigenvalue weighted by Crippen LogP contribution is -2.12. The van der Waals surface area contributed by atoms with Gasteiger partial charge in [0.15, 0.2) is 22.8 Å². The van der Waals surface area contributed by atoms with E-state index in [4.69, 9.17) is 14.2 Å².